The summed E-state index contributed by atoms with van der Waals surface area (Å²) >= 11 is 0. The molecule has 0 aromatic heterocycles. The van der Waals surface area contributed by atoms with Crippen LogP contribution in [0.5, 0.6) is 0 Å². The second kappa shape index (κ2) is 4.06. The largest absolute Gasteiger partial charge is 0.445 e. The van der Waals surface area contributed by atoms with Gasteiger partial charge in [-0.25, -0.2) is 0 Å². The molecule has 3 unspecified atom stereocenters. The van der Waals surface area contributed by atoms with Gasteiger partial charge < -0.3 is 19.2 Å². The molecule has 0 aromatic rings. The molecule has 1 heterocycles. The Morgan fingerprint density at radius 3 is 2.91 bits per heavy atom. The Morgan fingerprint density at radius 1 is 1.73 bits per heavy atom. The van der Waals surface area contributed by atoms with Crippen molar-refractivity contribution in [3.63, 3.8) is 0 Å². The topological polar surface area (TPSA) is 47.9 Å². The molecule has 2 radical (unpaired) electrons. The van der Waals surface area contributed by atoms with Crippen molar-refractivity contribution in [3.8, 4) is 0 Å². The average Bonchev–Trinajstić information content (AvgIpc) is 2.32. The Labute approximate surface area is 66.9 Å². The number of hydrogen-bond acceptors (Lipinski definition) is 4. The third kappa shape index (κ3) is 2.17. The Balaban J connectivity index is 2.30. The van der Waals surface area contributed by atoms with Crippen LogP contribution >= 0.6 is 0 Å². The molecule has 5 heteroatoms. The van der Waals surface area contributed by atoms with E-state index >= 15 is 0 Å². The van der Waals surface area contributed by atoms with Gasteiger partial charge >= 0.3 is 0 Å². The predicted octanol–water partition coefficient (Wildman–Crippen LogP) is -0.791. The van der Waals surface area contributed by atoms with E-state index in [1.165, 1.54) is 7.11 Å². The number of aliphatic hydroxyl groups excluding tert-OH is 1. The molecular formula is C6H11BO4. The maximum atomic E-state index is 9.24. The first kappa shape index (κ1) is 9.00. The lowest BCUT2D eigenvalue weighted by atomic mass is 10.2. The van der Waals surface area contributed by atoms with Gasteiger partial charge in [0, 0.05) is 13.5 Å². The van der Waals surface area contributed by atoms with E-state index in [1.807, 2.05) is 0 Å². The molecule has 1 rings (SSSR count). The van der Waals surface area contributed by atoms with Crippen LogP contribution < -0.4 is 0 Å². The smallest absolute Gasteiger partial charge is 0.282 e. The lowest BCUT2D eigenvalue weighted by molar-refractivity contribution is -0.151. The van der Waals surface area contributed by atoms with Crippen LogP contribution in [-0.4, -0.2) is 45.4 Å². The zero-order valence-corrected chi connectivity index (χ0v) is 6.40. The normalized spacial score (nSPS) is 37.8. The van der Waals surface area contributed by atoms with Gasteiger partial charge in [0.25, 0.3) is 8.05 Å². The van der Waals surface area contributed by atoms with Gasteiger partial charge in [-0.1, -0.05) is 0 Å². The molecule has 3 atom stereocenters. The maximum Gasteiger partial charge on any atom is 0.282 e. The van der Waals surface area contributed by atoms with E-state index in [0.717, 1.165) is 0 Å². The average molecular weight is 158 g/mol. The van der Waals surface area contributed by atoms with Gasteiger partial charge in [0.1, 0.15) is 6.10 Å². The summed E-state index contributed by atoms with van der Waals surface area (Å²) in [5.74, 6) is 0. The summed E-state index contributed by atoms with van der Waals surface area (Å²) in [5.41, 5.74) is 0. The van der Waals surface area contributed by atoms with Gasteiger partial charge in [-0.15, -0.1) is 0 Å². The van der Waals surface area contributed by atoms with Crippen molar-refractivity contribution in [2.75, 3.05) is 13.7 Å². The van der Waals surface area contributed by atoms with E-state index in [0.29, 0.717) is 6.42 Å². The fraction of sp³-hybridized carbons (Fsp3) is 1.00. The van der Waals surface area contributed by atoms with Gasteiger partial charge in [0.15, 0.2) is 6.29 Å². The first-order chi connectivity index (χ1) is 5.27. The molecule has 4 nitrogen and oxygen atoms in total. The van der Waals surface area contributed by atoms with Crippen LogP contribution in [0.25, 0.3) is 0 Å². The summed E-state index contributed by atoms with van der Waals surface area (Å²) in [7, 11) is 6.32. The summed E-state index contributed by atoms with van der Waals surface area (Å²) < 4.78 is 14.4. The van der Waals surface area contributed by atoms with Crippen molar-refractivity contribution in [1.82, 2.24) is 0 Å². The van der Waals surface area contributed by atoms with E-state index in [-0.39, 0.29) is 12.7 Å². The van der Waals surface area contributed by atoms with Crippen molar-refractivity contribution < 1.29 is 19.2 Å². The predicted molar refractivity (Wildman–Crippen MR) is 38.0 cm³/mol. The number of rotatable bonds is 3. The van der Waals surface area contributed by atoms with E-state index in [4.69, 9.17) is 17.5 Å². The summed E-state index contributed by atoms with van der Waals surface area (Å²) in [5, 5.41) is 9.24. The summed E-state index contributed by atoms with van der Waals surface area (Å²) in [4.78, 5) is 0. The molecule has 1 fully saturated rings. The first-order valence-corrected chi connectivity index (χ1v) is 3.46. The van der Waals surface area contributed by atoms with Crippen molar-refractivity contribution in [3.05, 3.63) is 0 Å². The molecular weight excluding hydrogens is 147 g/mol. The Kier molecular flexibility index (Phi) is 3.32. The van der Waals surface area contributed by atoms with Crippen molar-refractivity contribution >= 4 is 8.05 Å². The fourth-order valence-corrected chi connectivity index (χ4v) is 1.14. The van der Waals surface area contributed by atoms with Crippen LogP contribution in [0, 0.1) is 0 Å². The Hall–Kier alpha value is -0.0951. The molecule has 1 N–H and O–H groups in total. The minimum atomic E-state index is -0.569. The molecule has 0 aliphatic carbocycles. The SMILES string of the molecule is [B]OCC1CC(O)C(OC)O1. The van der Waals surface area contributed by atoms with Gasteiger partial charge in [0.05, 0.1) is 12.7 Å². The number of aliphatic hydroxyl groups is 1. The number of ether oxygens (including phenoxy) is 2. The number of methoxy groups -OCH3 is 1. The van der Waals surface area contributed by atoms with Gasteiger partial charge in [-0.2, -0.15) is 0 Å². The van der Waals surface area contributed by atoms with Crippen LogP contribution in [0.1, 0.15) is 6.42 Å². The molecule has 1 aliphatic rings. The second-order valence-electron chi connectivity index (χ2n) is 2.50. The lowest BCUT2D eigenvalue weighted by Gasteiger charge is -2.11. The van der Waals surface area contributed by atoms with Crippen LogP contribution in [0.3, 0.4) is 0 Å². The van der Waals surface area contributed by atoms with Gasteiger partial charge in [0.2, 0.25) is 0 Å². The molecule has 1 aliphatic heterocycles. The third-order valence-corrected chi connectivity index (χ3v) is 1.66. The van der Waals surface area contributed by atoms with E-state index in [9.17, 15) is 5.11 Å². The summed E-state index contributed by atoms with van der Waals surface area (Å²) in [6.45, 7) is 0.289. The van der Waals surface area contributed by atoms with Gasteiger partial charge in [-0.05, 0) is 0 Å². The monoisotopic (exact) mass is 158 g/mol. The molecule has 0 saturated carbocycles. The molecule has 0 bridgehead atoms. The van der Waals surface area contributed by atoms with Crippen molar-refractivity contribution in [2.24, 2.45) is 0 Å². The maximum absolute atomic E-state index is 9.24. The molecule has 1 saturated heterocycles. The van der Waals surface area contributed by atoms with Crippen LogP contribution in [0.15, 0.2) is 0 Å². The minimum Gasteiger partial charge on any atom is -0.445 e. The van der Waals surface area contributed by atoms with Crippen molar-refractivity contribution in [2.45, 2.75) is 24.9 Å². The standard InChI is InChI=1S/C6H11BO4/c1-9-6-5(8)2-4(11-6)3-10-7/h4-6,8H,2-3H2,1H3. The van der Waals surface area contributed by atoms with E-state index in [2.05, 4.69) is 4.65 Å². The first-order valence-electron chi connectivity index (χ1n) is 3.46. The highest BCUT2D eigenvalue weighted by molar-refractivity contribution is 5.97. The molecule has 62 valence electrons. The molecule has 0 amide bonds. The van der Waals surface area contributed by atoms with Crippen LogP contribution in [0.4, 0.5) is 0 Å². The number of hydrogen-bond donors (Lipinski definition) is 1. The highest BCUT2D eigenvalue weighted by Crippen LogP contribution is 2.20. The zero-order chi connectivity index (χ0) is 8.27. The van der Waals surface area contributed by atoms with E-state index in [1.54, 1.807) is 0 Å². The molecule has 0 aromatic carbocycles. The Morgan fingerprint density at radius 2 is 2.45 bits per heavy atom. The van der Waals surface area contributed by atoms with Crippen LogP contribution in [0.2, 0.25) is 0 Å². The lowest BCUT2D eigenvalue weighted by Crippen LogP contribution is -2.22. The van der Waals surface area contributed by atoms with Crippen molar-refractivity contribution in [1.29, 1.82) is 0 Å². The fourth-order valence-electron chi connectivity index (χ4n) is 1.14. The van der Waals surface area contributed by atoms with E-state index < -0.39 is 12.4 Å². The third-order valence-electron chi connectivity index (χ3n) is 1.66. The van der Waals surface area contributed by atoms with Crippen LogP contribution in [-0.2, 0) is 14.1 Å². The zero-order valence-electron chi connectivity index (χ0n) is 6.40. The summed E-state index contributed by atoms with van der Waals surface area (Å²) in [6.07, 6.45) is -0.745. The highest BCUT2D eigenvalue weighted by atomic mass is 16.7. The second-order valence-corrected chi connectivity index (χ2v) is 2.50. The summed E-state index contributed by atoms with van der Waals surface area (Å²) in [6, 6.07) is 0. The molecule has 11 heavy (non-hydrogen) atoms. The minimum absolute atomic E-state index is 0.153. The highest BCUT2D eigenvalue weighted by Gasteiger charge is 2.33. The Bertz CT molecular complexity index is 121. The quantitative estimate of drug-likeness (QED) is 0.546. The van der Waals surface area contributed by atoms with Gasteiger partial charge in [-0.3, -0.25) is 0 Å². The molecule has 0 spiro atoms.